The highest BCUT2D eigenvalue weighted by Crippen LogP contribution is 2.28. The van der Waals surface area contributed by atoms with E-state index in [1.54, 1.807) is 0 Å². The van der Waals surface area contributed by atoms with E-state index in [-0.39, 0.29) is 6.10 Å². The van der Waals surface area contributed by atoms with Gasteiger partial charge in [0.15, 0.2) is 5.82 Å². The number of halogens is 1. The molecule has 3 heterocycles. The Morgan fingerprint density at radius 1 is 1.20 bits per heavy atom. The zero-order valence-electron chi connectivity index (χ0n) is 14.3. The van der Waals surface area contributed by atoms with Crippen LogP contribution in [0.4, 0.5) is 0 Å². The Labute approximate surface area is 153 Å². The molecule has 1 aromatic carbocycles. The lowest BCUT2D eigenvalue weighted by molar-refractivity contribution is 0.101. The van der Waals surface area contributed by atoms with Gasteiger partial charge >= 0.3 is 0 Å². The smallest absolute Gasteiger partial charge is 0.162 e. The molecule has 6 heteroatoms. The molecule has 0 bridgehead atoms. The summed E-state index contributed by atoms with van der Waals surface area (Å²) >= 11 is 6.49. The summed E-state index contributed by atoms with van der Waals surface area (Å²) in [4.78, 5) is 2.38. The Kier molecular flexibility index (Phi) is 5.15. The molecule has 1 fully saturated rings. The van der Waals surface area contributed by atoms with E-state index in [0.717, 1.165) is 74.3 Å². The standard InChI is InChI=1S/C19H23ClN4O/c20-16(13-15-5-2-1-3-6-15)14-23-9-8-18-21-22-19(24(18)11-10-23)17-7-4-12-25-17/h1-3,5-6,13,17H,4,7-12,14H2/b16-13-. The van der Waals surface area contributed by atoms with Crippen LogP contribution in [0.1, 0.15) is 36.2 Å². The molecule has 1 aromatic heterocycles. The van der Waals surface area contributed by atoms with Crippen LogP contribution in [0.3, 0.4) is 0 Å². The Bertz CT molecular complexity index is 737. The molecule has 5 nitrogen and oxygen atoms in total. The molecule has 132 valence electrons. The zero-order chi connectivity index (χ0) is 17.1. The van der Waals surface area contributed by atoms with E-state index in [4.69, 9.17) is 16.3 Å². The highest BCUT2D eigenvalue weighted by atomic mass is 35.5. The van der Waals surface area contributed by atoms with Crippen LogP contribution in [0.5, 0.6) is 0 Å². The Hall–Kier alpha value is -1.69. The highest BCUT2D eigenvalue weighted by Gasteiger charge is 2.27. The molecule has 1 saturated heterocycles. The second-order valence-corrected chi connectivity index (χ2v) is 7.14. The summed E-state index contributed by atoms with van der Waals surface area (Å²) in [6.45, 7) is 4.39. The van der Waals surface area contributed by atoms with Crippen molar-refractivity contribution in [2.24, 2.45) is 0 Å². The zero-order valence-corrected chi connectivity index (χ0v) is 15.0. The molecule has 2 aliphatic rings. The van der Waals surface area contributed by atoms with Crippen molar-refractivity contribution in [3.8, 4) is 0 Å². The molecule has 0 N–H and O–H groups in total. The third-order valence-corrected chi connectivity index (χ3v) is 5.09. The molecule has 2 aromatic rings. The van der Waals surface area contributed by atoms with Gasteiger partial charge in [0, 0.05) is 44.2 Å². The number of hydrogen-bond donors (Lipinski definition) is 0. The van der Waals surface area contributed by atoms with Crippen LogP contribution < -0.4 is 0 Å². The number of fused-ring (bicyclic) bond motifs is 1. The lowest BCUT2D eigenvalue weighted by Gasteiger charge is -2.19. The van der Waals surface area contributed by atoms with E-state index in [0.29, 0.717) is 0 Å². The minimum Gasteiger partial charge on any atom is -0.370 e. The van der Waals surface area contributed by atoms with Crippen molar-refractivity contribution < 1.29 is 4.74 Å². The van der Waals surface area contributed by atoms with Crippen LogP contribution in [0.25, 0.3) is 6.08 Å². The fraction of sp³-hybridized carbons (Fsp3) is 0.474. The predicted molar refractivity (Wildman–Crippen MR) is 98.4 cm³/mol. The van der Waals surface area contributed by atoms with Gasteiger partial charge in [0.25, 0.3) is 0 Å². The number of nitrogens with zero attached hydrogens (tertiary/aromatic N) is 4. The summed E-state index contributed by atoms with van der Waals surface area (Å²) in [5.74, 6) is 2.07. The van der Waals surface area contributed by atoms with Gasteiger partial charge in [0.2, 0.25) is 0 Å². The van der Waals surface area contributed by atoms with Crippen LogP contribution in [0, 0.1) is 0 Å². The topological polar surface area (TPSA) is 43.2 Å². The van der Waals surface area contributed by atoms with Crippen molar-refractivity contribution >= 4 is 17.7 Å². The van der Waals surface area contributed by atoms with E-state index in [9.17, 15) is 0 Å². The summed E-state index contributed by atoms with van der Waals surface area (Å²) in [7, 11) is 0. The maximum absolute atomic E-state index is 6.49. The minimum absolute atomic E-state index is 0.120. The lowest BCUT2D eigenvalue weighted by atomic mass is 10.2. The molecule has 0 spiro atoms. The Morgan fingerprint density at radius 2 is 2.08 bits per heavy atom. The van der Waals surface area contributed by atoms with Crippen LogP contribution >= 0.6 is 11.6 Å². The van der Waals surface area contributed by atoms with E-state index < -0.39 is 0 Å². The van der Waals surface area contributed by atoms with Gasteiger partial charge in [-0.1, -0.05) is 41.9 Å². The van der Waals surface area contributed by atoms with Gasteiger partial charge in [0.1, 0.15) is 11.9 Å². The summed E-state index contributed by atoms with van der Waals surface area (Å²) < 4.78 is 8.05. The fourth-order valence-electron chi connectivity index (χ4n) is 3.56. The molecule has 0 amide bonds. The van der Waals surface area contributed by atoms with Crippen LogP contribution in [-0.2, 0) is 17.7 Å². The lowest BCUT2D eigenvalue weighted by Crippen LogP contribution is -2.28. The van der Waals surface area contributed by atoms with Gasteiger partial charge in [-0.15, -0.1) is 10.2 Å². The SMILES string of the molecule is Cl/C(=C\c1ccccc1)CN1CCc2nnc(C3CCCO3)n2CC1. The maximum atomic E-state index is 6.49. The van der Waals surface area contributed by atoms with Crippen LogP contribution in [-0.4, -0.2) is 45.9 Å². The second kappa shape index (κ2) is 7.68. The number of rotatable bonds is 4. The highest BCUT2D eigenvalue weighted by molar-refractivity contribution is 6.31. The quantitative estimate of drug-likeness (QED) is 0.841. The average Bonchev–Trinajstić information content (AvgIpc) is 3.24. The molecule has 25 heavy (non-hydrogen) atoms. The minimum atomic E-state index is 0.120. The normalized spacial score (nSPS) is 22.0. The molecule has 1 unspecified atom stereocenters. The van der Waals surface area contributed by atoms with E-state index in [1.807, 2.05) is 24.3 Å². The van der Waals surface area contributed by atoms with Crippen LogP contribution in [0.15, 0.2) is 35.4 Å². The third kappa shape index (κ3) is 3.94. The first-order chi connectivity index (χ1) is 12.3. The molecule has 1 atom stereocenters. The fourth-order valence-corrected chi connectivity index (χ4v) is 3.85. The number of aromatic nitrogens is 3. The molecule has 0 aliphatic carbocycles. The molecule has 0 saturated carbocycles. The van der Waals surface area contributed by atoms with Gasteiger partial charge in [-0.2, -0.15) is 0 Å². The summed E-state index contributed by atoms with van der Waals surface area (Å²) in [6.07, 6.45) is 5.22. The Balaban J connectivity index is 1.41. The molecule has 4 rings (SSSR count). The largest absolute Gasteiger partial charge is 0.370 e. The van der Waals surface area contributed by atoms with Gasteiger partial charge in [-0.25, -0.2) is 0 Å². The van der Waals surface area contributed by atoms with Crippen molar-refractivity contribution in [1.29, 1.82) is 0 Å². The first-order valence-electron chi connectivity index (χ1n) is 8.96. The van der Waals surface area contributed by atoms with Gasteiger partial charge in [0.05, 0.1) is 0 Å². The third-order valence-electron chi connectivity index (χ3n) is 4.86. The van der Waals surface area contributed by atoms with Crippen molar-refractivity contribution in [3.63, 3.8) is 0 Å². The van der Waals surface area contributed by atoms with Gasteiger partial charge in [-0.05, 0) is 24.5 Å². The van der Waals surface area contributed by atoms with Gasteiger partial charge < -0.3 is 9.30 Å². The number of ether oxygens (including phenoxy) is 1. The maximum Gasteiger partial charge on any atom is 0.162 e. The first-order valence-corrected chi connectivity index (χ1v) is 9.34. The average molecular weight is 359 g/mol. The summed E-state index contributed by atoms with van der Waals surface area (Å²) in [6, 6.07) is 10.2. The van der Waals surface area contributed by atoms with E-state index in [2.05, 4.69) is 31.8 Å². The van der Waals surface area contributed by atoms with Crippen molar-refractivity contribution in [1.82, 2.24) is 19.7 Å². The second-order valence-electron chi connectivity index (χ2n) is 6.66. The Morgan fingerprint density at radius 3 is 2.88 bits per heavy atom. The van der Waals surface area contributed by atoms with E-state index >= 15 is 0 Å². The summed E-state index contributed by atoms with van der Waals surface area (Å²) in [5.41, 5.74) is 1.14. The monoisotopic (exact) mass is 358 g/mol. The van der Waals surface area contributed by atoms with Crippen molar-refractivity contribution in [2.75, 3.05) is 26.2 Å². The van der Waals surface area contributed by atoms with Crippen molar-refractivity contribution in [3.05, 3.63) is 52.6 Å². The van der Waals surface area contributed by atoms with Gasteiger partial charge in [-0.3, -0.25) is 4.90 Å². The molecular weight excluding hydrogens is 336 g/mol. The molecular formula is C19H23ClN4O. The number of hydrogen-bond acceptors (Lipinski definition) is 4. The van der Waals surface area contributed by atoms with E-state index in [1.165, 1.54) is 0 Å². The molecule has 2 aliphatic heterocycles. The molecule has 0 radical (unpaired) electrons. The number of benzene rings is 1. The van der Waals surface area contributed by atoms with Crippen molar-refractivity contribution in [2.45, 2.75) is 31.9 Å². The first kappa shape index (κ1) is 16.8. The summed E-state index contributed by atoms with van der Waals surface area (Å²) in [5, 5.41) is 9.66. The van der Waals surface area contributed by atoms with Crippen LogP contribution in [0.2, 0.25) is 0 Å². The predicted octanol–water partition coefficient (Wildman–Crippen LogP) is 3.27.